The van der Waals surface area contributed by atoms with E-state index in [1.807, 2.05) is 0 Å². The minimum absolute atomic E-state index is 0.164. The molecule has 0 aliphatic rings. The van der Waals surface area contributed by atoms with Gasteiger partial charge in [-0.05, 0) is 26.8 Å². The third kappa shape index (κ3) is 3.30. The predicted octanol–water partition coefficient (Wildman–Crippen LogP) is 3.18. The summed E-state index contributed by atoms with van der Waals surface area (Å²) >= 11 is 3.26. The molecule has 1 aromatic rings. The second-order valence-corrected chi connectivity index (χ2v) is 6.17. The number of hydrogen-bond acceptors (Lipinski definition) is 1. The zero-order chi connectivity index (χ0) is 12.3. The fourth-order valence-electron chi connectivity index (χ4n) is 1.27. The van der Waals surface area contributed by atoms with Crippen LogP contribution >= 0.6 is 15.9 Å². The zero-order valence-corrected chi connectivity index (χ0v) is 11.1. The van der Waals surface area contributed by atoms with Gasteiger partial charge in [0.1, 0.15) is 5.82 Å². The van der Waals surface area contributed by atoms with Crippen LogP contribution in [0.1, 0.15) is 32.4 Å². The van der Waals surface area contributed by atoms with Crippen molar-refractivity contribution in [2.24, 2.45) is 0 Å². The summed E-state index contributed by atoms with van der Waals surface area (Å²) < 4.78 is 12.8. The molecular weight excluding hydrogens is 273 g/mol. The van der Waals surface area contributed by atoms with E-state index in [4.69, 9.17) is 0 Å². The molecule has 1 aromatic carbocycles. The van der Waals surface area contributed by atoms with Crippen LogP contribution in [0.5, 0.6) is 0 Å². The molecule has 16 heavy (non-hydrogen) atoms. The first-order valence-corrected chi connectivity index (χ1v) is 5.86. The molecule has 1 amide bonds. The Morgan fingerprint density at radius 1 is 1.44 bits per heavy atom. The van der Waals surface area contributed by atoms with Gasteiger partial charge in [0.15, 0.2) is 0 Å². The quantitative estimate of drug-likeness (QED) is 0.850. The molecule has 0 spiro atoms. The number of amides is 1. The van der Waals surface area contributed by atoms with E-state index in [1.54, 1.807) is 39.0 Å². The monoisotopic (exact) mass is 287 g/mol. The van der Waals surface area contributed by atoms with Crippen LogP contribution in [0.4, 0.5) is 4.39 Å². The molecule has 0 saturated carbocycles. The van der Waals surface area contributed by atoms with E-state index in [1.165, 1.54) is 6.07 Å². The van der Waals surface area contributed by atoms with Crippen molar-refractivity contribution >= 4 is 21.8 Å². The molecular formula is C12H15BrFNO. The third-order valence-electron chi connectivity index (χ3n) is 2.26. The average Bonchev–Trinajstić information content (AvgIpc) is 2.16. The van der Waals surface area contributed by atoms with Gasteiger partial charge >= 0.3 is 0 Å². The molecule has 0 aliphatic heterocycles. The number of alkyl halides is 1. The van der Waals surface area contributed by atoms with Gasteiger partial charge in [-0.25, -0.2) is 4.39 Å². The van der Waals surface area contributed by atoms with Gasteiger partial charge in [0.05, 0.1) is 10.4 Å². The van der Waals surface area contributed by atoms with Crippen molar-refractivity contribution in [3.05, 3.63) is 35.6 Å². The van der Waals surface area contributed by atoms with Crippen molar-refractivity contribution in [3.8, 4) is 0 Å². The lowest BCUT2D eigenvalue weighted by molar-refractivity contribution is -0.123. The van der Waals surface area contributed by atoms with Crippen molar-refractivity contribution in [3.63, 3.8) is 0 Å². The Hall–Kier alpha value is -0.900. The Labute approximate surface area is 103 Å². The van der Waals surface area contributed by atoms with Gasteiger partial charge in [-0.15, -0.1) is 0 Å². The summed E-state index contributed by atoms with van der Waals surface area (Å²) in [5.41, 5.74) is 0.493. The molecule has 0 aliphatic carbocycles. The SMILES string of the molecule is C[C@@H](NC(=O)C(C)(C)Br)c1ccccc1F. The van der Waals surface area contributed by atoms with Gasteiger partial charge < -0.3 is 5.32 Å². The number of carbonyl (C=O) groups is 1. The number of hydrogen-bond donors (Lipinski definition) is 1. The summed E-state index contributed by atoms with van der Waals surface area (Å²) in [6.45, 7) is 5.25. The second-order valence-electron chi connectivity index (χ2n) is 4.19. The summed E-state index contributed by atoms with van der Waals surface area (Å²) in [6, 6.07) is 6.09. The van der Waals surface area contributed by atoms with E-state index in [-0.39, 0.29) is 17.8 Å². The lowest BCUT2D eigenvalue weighted by Crippen LogP contribution is -2.39. The van der Waals surface area contributed by atoms with Crippen molar-refractivity contribution in [2.75, 3.05) is 0 Å². The number of carbonyl (C=O) groups excluding carboxylic acids is 1. The average molecular weight is 288 g/mol. The molecule has 2 nitrogen and oxygen atoms in total. The van der Waals surface area contributed by atoms with Crippen LogP contribution in [0, 0.1) is 5.82 Å². The molecule has 0 fully saturated rings. The topological polar surface area (TPSA) is 29.1 Å². The summed E-state index contributed by atoms with van der Waals surface area (Å²) in [5.74, 6) is -0.467. The highest BCUT2D eigenvalue weighted by atomic mass is 79.9. The minimum Gasteiger partial charge on any atom is -0.348 e. The molecule has 1 atom stereocenters. The second kappa shape index (κ2) is 4.95. The number of rotatable bonds is 3. The molecule has 0 saturated heterocycles. The zero-order valence-electron chi connectivity index (χ0n) is 9.55. The maximum atomic E-state index is 13.4. The van der Waals surface area contributed by atoms with Crippen LogP contribution in [-0.4, -0.2) is 10.2 Å². The minimum atomic E-state index is -0.646. The molecule has 1 rings (SSSR count). The van der Waals surface area contributed by atoms with E-state index in [0.717, 1.165) is 0 Å². The number of nitrogens with one attached hydrogen (secondary N) is 1. The first kappa shape index (κ1) is 13.2. The summed E-state index contributed by atoms with van der Waals surface area (Å²) in [5, 5.41) is 2.75. The Morgan fingerprint density at radius 3 is 2.50 bits per heavy atom. The van der Waals surface area contributed by atoms with E-state index in [9.17, 15) is 9.18 Å². The molecule has 0 heterocycles. The van der Waals surface area contributed by atoms with Gasteiger partial charge in [0, 0.05) is 5.56 Å². The molecule has 1 N–H and O–H groups in total. The van der Waals surface area contributed by atoms with Crippen LogP contribution in [0.3, 0.4) is 0 Å². The normalized spacial score (nSPS) is 13.3. The van der Waals surface area contributed by atoms with Crippen LogP contribution < -0.4 is 5.32 Å². The molecule has 0 radical (unpaired) electrons. The number of benzene rings is 1. The third-order valence-corrected chi connectivity index (χ3v) is 2.62. The Kier molecular flexibility index (Phi) is 4.08. The van der Waals surface area contributed by atoms with Crippen LogP contribution in [0.25, 0.3) is 0 Å². The highest BCUT2D eigenvalue weighted by Crippen LogP contribution is 2.20. The molecule has 4 heteroatoms. The van der Waals surface area contributed by atoms with Crippen molar-refractivity contribution in [2.45, 2.75) is 31.1 Å². The summed E-state index contributed by atoms with van der Waals surface area (Å²) in [6.07, 6.45) is 0. The van der Waals surface area contributed by atoms with Gasteiger partial charge in [-0.1, -0.05) is 34.1 Å². The molecule has 0 aromatic heterocycles. The highest BCUT2D eigenvalue weighted by Gasteiger charge is 2.25. The maximum Gasteiger partial charge on any atom is 0.236 e. The first-order chi connectivity index (χ1) is 7.32. The summed E-state index contributed by atoms with van der Waals surface area (Å²) in [7, 11) is 0. The van der Waals surface area contributed by atoms with Crippen molar-refractivity contribution in [1.29, 1.82) is 0 Å². The Bertz CT molecular complexity index is 387. The van der Waals surface area contributed by atoms with Gasteiger partial charge in [-0.3, -0.25) is 4.79 Å². The van der Waals surface area contributed by atoms with Crippen LogP contribution in [-0.2, 0) is 4.79 Å². The molecule has 0 unspecified atom stereocenters. The van der Waals surface area contributed by atoms with E-state index < -0.39 is 4.32 Å². The first-order valence-electron chi connectivity index (χ1n) is 5.06. The smallest absolute Gasteiger partial charge is 0.236 e. The van der Waals surface area contributed by atoms with Crippen molar-refractivity contribution in [1.82, 2.24) is 5.32 Å². The fraction of sp³-hybridized carbons (Fsp3) is 0.417. The largest absolute Gasteiger partial charge is 0.348 e. The highest BCUT2D eigenvalue weighted by molar-refractivity contribution is 9.10. The maximum absolute atomic E-state index is 13.4. The lowest BCUT2D eigenvalue weighted by Gasteiger charge is -2.21. The molecule has 0 bridgehead atoms. The standard InChI is InChI=1S/C12H15BrFNO/c1-8(15-11(16)12(2,3)13)9-6-4-5-7-10(9)14/h4-8H,1-3H3,(H,15,16)/t8-/m1/s1. The lowest BCUT2D eigenvalue weighted by atomic mass is 10.1. The molecule has 88 valence electrons. The van der Waals surface area contributed by atoms with Gasteiger partial charge in [0.25, 0.3) is 0 Å². The van der Waals surface area contributed by atoms with Crippen LogP contribution in [0.15, 0.2) is 24.3 Å². The van der Waals surface area contributed by atoms with E-state index >= 15 is 0 Å². The Morgan fingerprint density at radius 2 is 2.00 bits per heavy atom. The van der Waals surface area contributed by atoms with Gasteiger partial charge in [-0.2, -0.15) is 0 Å². The summed E-state index contributed by atoms with van der Waals surface area (Å²) in [4.78, 5) is 11.7. The van der Waals surface area contributed by atoms with Crippen molar-refractivity contribution < 1.29 is 9.18 Å². The van der Waals surface area contributed by atoms with Gasteiger partial charge in [0.2, 0.25) is 5.91 Å². The predicted molar refractivity (Wildman–Crippen MR) is 66.0 cm³/mol. The number of halogens is 2. The van der Waals surface area contributed by atoms with E-state index in [0.29, 0.717) is 5.56 Å². The Balaban J connectivity index is 2.78. The van der Waals surface area contributed by atoms with Crippen LogP contribution in [0.2, 0.25) is 0 Å². The van der Waals surface area contributed by atoms with E-state index in [2.05, 4.69) is 21.2 Å². The fourth-order valence-corrected chi connectivity index (χ4v) is 1.39.